The van der Waals surface area contributed by atoms with Crippen LogP contribution in [-0.2, 0) is 6.54 Å². The molecule has 0 aromatic heterocycles. The highest BCUT2D eigenvalue weighted by Crippen LogP contribution is 2.31. The summed E-state index contributed by atoms with van der Waals surface area (Å²) >= 11 is 3.56. The van der Waals surface area contributed by atoms with E-state index in [0.29, 0.717) is 6.04 Å². The van der Waals surface area contributed by atoms with Crippen molar-refractivity contribution in [2.45, 2.75) is 25.4 Å². The molecule has 2 aromatic rings. The van der Waals surface area contributed by atoms with E-state index in [4.69, 9.17) is 0 Å². The highest BCUT2D eigenvalue weighted by atomic mass is 79.9. The van der Waals surface area contributed by atoms with Gasteiger partial charge in [0.25, 0.3) is 0 Å². The van der Waals surface area contributed by atoms with Crippen molar-refractivity contribution < 1.29 is 4.39 Å². The van der Waals surface area contributed by atoms with Gasteiger partial charge >= 0.3 is 0 Å². The minimum absolute atomic E-state index is 0.177. The molecule has 1 fully saturated rings. The van der Waals surface area contributed by atoms with Gasteiger partial charge in [-0.3, -0.25) is 0 Å². The fraction of sp³-hybridized carbons (Fsp3) is 0.250. The number of halogens is 2. The number of nitrogens with one attached hydrogen (secondary N) is 1. The van der Waals surface area contributed by atoms with E-state index < -0.39 is 0 Å². The summed E-state index contributed by atoms with van der Waals surface area (Å²) in [6, 6.07) is 13.7. The molecule has 0 unspecified atom stereocenters. The van der Waals surface area contributed by atoms with E-state index in [0.717, 1.165) is 27.7 Å². The molecule has 19 heavy (non-hydrogen) atoms. The Bertz CT molecular complexity index is 593. The average molecular weight is 320 g/mol. The van der Waals surface area contributed by atoms with Crippen LogP contribution >= 0.6 is 15.9 Å². The van der Waals surface area contributed by atoms with Crippen LogP contribution in [0.1, 0.15) is 18.4 Å². The standard InChI is InChI=1S/C16H15BrFN/c17-16-4-2-1-3-15(16)14-8-5-12(18)9-11(14)10-19-13-6-7-13/h1-5,8-9,13,19H,6-7,10H2. The third-order valence-corrected chi connectivity index (χ3v) is 4.08. The van der Waals surface area contributed by atoms with Crippen LogP contribution in [0.25, 0.3) is 11.1 Å². The molecule has 0 atom stereocenters. The molecule has 98 valence electrons. The molecule has 1 nitrogen and oxygen atoms in total. The number of hydrogen-bond donors (Lipinski definition) is 1. The molecular weight excluding hydrogens is 305 g/mol. The highest BCUT2D eigenvalue weighted by Gasteiger charge is 2.20. The van der Waals surface area contributed by atoms with Gasteiger partial charge in [-0.1, -0.05) is 40.2 Å². The zero-order chi connectivity index (χ0) is 13.2. The Kier molecular flexibility index (Phi) is 3.67. The molecule has 1 aliphatic rings. The summed E-state index contributed by atoms with van der Waals surface area (Å²) in [6.07, 6.45) is 2.47. The van der Waals surface area contributed by atoms with E-state index in [1.165, 1.54) is 18.9 Å². The average Bonchev–Trinajstić information content (AvgIpc) is 3.22. The minimum Gasteiger partial charge on any atom is -0.310 e. The third-order valence-electron chi connectivity index (χ3n) is 3.39. The topological polar surface area (TPSA) is 12.0 Å². The van der Waals surface area contributed by atoms with Crippen molar-refractivity contribution in [1.29, 1.82) is 0 Å². The number of rotatable bonds is 4. The molecule has 0 bridgehead atoms. The van der Waals surface area contributed by atoms with Crippen LogP contribution in [0.2, 0.25) is 0 Å². The van der Waals surface area contributed by atoms with Gasteiger partial charge in [0.2, 0.25) is 0 Å². The second-order valence-corrected chi connectivity index (χ2v) is 5.79. The maximum absolute atomic E-state index is 13.5. The molecule has 3 rings (SSSR count). The summed E-state index contributed by atoms with van der Waals surface area (Å²) in [5, 5.41) is 3.45. The maximum Gasteiger partial charge on any atom is 0.123 e. The Morgan fingerprint density at radius 3 is 2.63 bits per heavy atom. The van der Waals surface area contributed by atoms with Crippen LogP contribution in [0.3, 0.4) is 0 Å². The molecule has 1 aliphatic carbocycles. The molecule has 0 amide bonds. The van der Waals surface area contributed by atoms with Crippen LogP contribution in [-0.4, -0.2) is 6.04 Å². The third kappa shape index (κ3) is 3.04. The highest BCUT2D eigenvalue weighted by molar-refractivity contribution is 9.10. The molecule has 0 spiro atoms. The van der Waals surface area contributed by atoms with Crippen molar-refractivity contribution in [2.24, 2.45) is 0 Å². The molecule has 1 saturated carbocycles. The van der Waals surface area contributed by atoms with Crippen molar-refractivity contribution in [3.8, 4) is 11.1 Å². The van der Waals surface area contributed by atoms with E-state index in [2.05, 4.69) is 27.3 Å². The van der Waals surface area contributed by atoms with Crippen molar-refractivity contribution in [2.75, 3.05) is 0 Å². The summed E-state index contributed by atoms with van der Waals surface area (Å²) in [6.45, 7) is 0.721. The van der Waals surface area contributed by atoms with Crippen LogP contribution in [0.4, 0.5) is 4.39 Å². The summed E-state index contributed by atoms with van der Waals surface area (Å²) in [5.74, 6) is -0.177. The van der Waals surface area contributed by atoms with Gasteiger partial charge in [-0.05, 0) is 47.7 Å². The summed E-state index contributed by atoms with van der Waals surface area (Å²) in [5.41, 5.74) is 3.20. The summed E-state index contributed by atoms with van der Waals surface area (Å²) in [7, 11) is 0. The first-order valence-electron chi connectivity index (χ1n) is 6.51. The van der Waals surface area contributed by atoms with Gasteiger partial charge in [-0.2, -0.15) is 0 Å². The first kappa shape index (κ1) is 12.8. The molecule has 0 aliphatic heterocycles. The van der Waals surface area contributed by atoms with Gasteiger partial charge in [-0.15, -0.1) is 0 Å². The normalized spacial score (nSPS) is 14.6. The lowest BCUT2D eigenvalue weighted by molar-refractivity contribution is 0.620. The van der Waals surface area contributed by atoms with Crippen LogP contribution < -0.4 is 5.32 Å². The first-order valence-corrected chi connectivity index (χ1v) is 7.30. The van der Waals surface area contributed by atoms with Gasteiger partial charge in [0.05, 0.1) is 0 Å². The predicted octanol–water partition coefficient (Wildman–Crippen LogP) is 4.51. The lowest BCUT2D eigenvalue weighted by Crippen LogP contribution is -2.16. The Labute approximate surface area is 121 Å². The van der Waals surface area contributed by atoms with E-state index in [1.54, 1.807) is 6.07 Å². The van der Waals surface area contributed by atoms with Crippen molar-refractivity contribution in [3.63, 3.8) is 0 Å². The minimum atomic E-state index is -0.177. The molecule has 1 N–H and O–H groups in total. The number of hydrogen-bond acceptors (Lipinski definition) is 1. The monoisotopic (exact) mass is 319 g/mol. The van der Waals surface area contributed by atoms with Gasteiger partial charge in [-0.25, -0.2) is 4.39 Å². The molecule has 0 saturated heterocycles. The van der Waals surface area contributed by atoms with Crippen LogP contribution in [0, 0.1) is 5.82 Å². The summed E-state index contributed by atoms with van der Waals surface area (Å²) in [4.78, 5) is 0. The van der Waals surface area contributed by atoms with E-state index in [9.17, 15) is 4.39 Å². The maximum atomic E-state index is 13.5. The number of benzene rings is 2. The second kappa shape index (κ2) is 5.43. The van der Waals surface area contributed by atoms with Crippen LogP contribution in [0.15, 0.2) is 46.9 Å². The fourth-order valence-electron chi connectivity index (χ4n) is 2.19. The Hall–Kier alpha value is -1.19. The van der Waals surface area contributed by atoms with Gasteiger partial charge < -0.3 is 5.32 Å². The molecule has 2 aromatic carbocycles. The largest absolute Gasteiger partial charge is 0.310 e. The van der Waals surface area contributed by atoms with Crippen LogP contribution in [0.5, 0.6) is 0 Å². The lowest BCUT2D eigenvalue weighted by atomic mass is 9.99. The smallest absolute Gasteiger partial charge is 0.123 e. The Morgan fingerprint density at radius 2 is 1.89 bits per heavy atom. The van der Waals surface area contributed by atoms with E-state index in [1.807, 2.05) is 24.3 Å². The van der Waals surface area contributed by atoms with Gasteiger partial charge in [0, 0.05) is 17.1 Å². The molecule has 0 heterocycles. The quantitative estimate of drug-likeness (QED) is 0.874. The van der Waals surface area contributed by atoms with E-state index >= 15 is 0 Å². The molecule has 0 radical (unpaired) electrons. The SMILES string of the molecule is Fc1ccc(-c2ccccc2Br)c(CNC2CC2)c1. The summed E-state index contributed by atoms with van der Waals surface area (Å²) < 4.78 is 14.5. The molecular formula is C16H15BrFN. The Morgan fingerprint density at radius 1 is 1.11 bits per heavy atom. The van der Waals surface area contributed by atoms with Crippen molar-refractivity contribution in [1.82, 2.24) is 5.32 Å². The van der Waals surface area contributed by atoms with Crippen molar-refractivity contribution >= 4 is 15.9 Å². The fourth-order valence-corrected chi connectivity index (χ4v) is 2.69. The van der Waals surface area contributed by atoms with Crippen molar-refractivity contribution in [3.05, 3.63) is 58.3 Å². The van der Waals surface area contributed by atoms with Gasteiger partial charge in [0.1, 0.15) is 5.82 Å². The Balaban J connectivity index is 1.96. The molecule has 3 heteroatoms. The lowest BCUT2D eigenvalue weighted by Gasteiger charge is -2.12. The predicted molar refractivity (Wildman–Crippen MR) is 79.4 cm³/mol. The second-order valence-electron chi connectivity index (χ2n) is 4.94. The zero-order valence-corrected chi connectivity index (χ0v) is 12.1. The zero-order valence-electron chi connectivity index (χ0n) is 10.5. The first-order chi connectivity index (χ1) is 9.24. The van der Waals surface area contributed by atoms with Gasteiger partial charge in [0.15, 0.2) is 0 Å². The van der Waals surface area contributed by atoms with E-state index in [-0.39, 0.29) is 5.82 Å².